The molecule has 3 rings (SSSR count). The predicted molar refractivity (Wildman–Crippen MR) is 86.8 cm³/mol. The van der Waals surface area contributed by atoms with Crippen LogP contribution in [0, 0.1) is 0 Å². The monoisotopic (exact) mass is 310 g/mol. The van der Waals surface area contributed by atoms with E-state index >= 15 is 0 Å². The van der Waals surface area contributed by atoms with Crippen LogP contribution in [-0.2, 0) is 0 Å². The Morgan fingerprint density at radius 1 is 0.632 bits per heavy atom. The molecule has 2 aromatic rings. The van der Waals surface area contributed by atoms with Crippen molar-refractivity contribution in [1.82, 2.24) is 0 Å². The van der Waals surface area contributed by atoms with Crippen molar-refractivity contribution < 1.29 is 0 Å². The second-order valence-corrected chi connectivity index (χ2v) is 16.8. The molecule has 0 unspecified atom stereocenters. The minimum absolute atomic E-state index is 1.36. The van der Waals surface area contributed by atoms with Crippen LogP contribution in [0.15, 0.2) is 60.7 Å². The first-order valence-electron chi connectivity index (χ1n) is 6.99. The fraction of sp³-hybridized carbons (Fsp3) is 0.222. The summed E-state index contributed by atoms with van der Waals surface area (Å²) in [6.07, 6.45) is 0. The third kappa shape index (κ3) is 2.69. The van der Waals surface area contributed by atoms with Gasteiger partial charge < -0.3 is 0 Å². The molecule has 0 amide bonds. The zero-order valence-electron chi connectivity index (χ0n) is 11.7. The van der Waals surface area contributed by atoms with Gasteiger partial charge in [-0.3, -0.25) is 0 Å². The standard InChI is InChI=1S/C18H20Ge/c1-19(2)13-17(15-9-5-3-6-10-15)18(14-19)16-11-7-4-8-12-16/h3-12H,13-14H2,1-2H3. The summed E-state index contributed by atoms with van der Waals surface area (Å²) in [5.74, 6) is 5.11. The van der Waals surface area contributed by atoms with Gasteiger partial charge in [0.25, 0.3) is 0 Å². The Kier molecular flexibility index (Phi) is 3.36. The van der Waals surface area contributed by atoms with E-state index in [1.165, 1.54) is 21.6 Å². The molecule has 96 valence electrons. The van der Waals surface area contributed by atoms with Crippen molar-refractivity contribution in [2.75, 3.05) is 0 Å². The SMILES string of the molecule is [CH3][Ge]1([CH3])[CH2]C(c2ccccc2)=C(c2ccccc2)[CH2]1. The molecule has 0 nitrogen and oxygen atoms in total. The van der Waals surface area contributed by atoms with Crippen molar-refractivity contribution >= 4 is 24.4 Å². The van der Waals surface area contributed by atoms with Crippen LogP contribution in [-0.4, -0.2) is 13.3 Å². The molecular formula is C18H20Ge. The maximum absolute atomic E-state index is 2.55. The Balaban J connectivity index is 2.11. The molecule has 0 saturated heterocycles. The van der Waals surface area contributed by atoms with Gasteiger partial charge in [-0.05, 0) is 0 Å². The molecule has 0 atom stereocenters. The summed E-state index contributed by atoms with van der Waals surface area (Å²) < 4.78 is 0. The maximum atomic E-state index is 2.55. The van der Waals surface area contributed by atoms with Crippen LogP contribution in [0.25, 0.3) is 11.1 Å². The van der Waals surface area contributed by atoms with Crippen molar-refractivity contribution in [3.8, 4) is 0 Å². The van der Waals surface area contributed by atoms with Gasteiger partial charge in [-0.15, -0.1) is 0 Å². The number of allylic oxidation sites excluding steroid dienone is 2. The predicted octanol–water partition coefficient (Wildman–Crippen LogP) is 5.32. The van der Waals surface area contributed by atoms with Gasteiger partial charge in [0, 0.05) is 0 Å². The second-order valence-electron chi connectivity index (χ2n) is 6.21. The molecule has 2 aromatic carbocycles. The molecule has 0 aromatic heterocycles. The van der Waals surface area contributed by atoms with Crippen LogP contribution >= 0.6 is 0 Å². The van der Waals surface area contributed by atoms with Crippen LogP contribution in [0.5, 0.6) is 0 Å². The quantitative estimate of drug-likeness (QED) is 0.659. The number of hydrogen-bond donors (Lipinski definition) is 0. The molecule has 0 N–H and O–H groups in total. The summed E-state index contributed by atoms with van der Waals surface area (Å²) >= 11 is -1.62. The molecule has 0 saturated carbocycles. The van der Waals surface area contributed by atoms with Gasteiger partial charge in [-0.25, -0.2) is 0 Å². The Morgan fingerprint density at radius 2 is 1.00 bits per heavy atom. The van der Waals surface area contributed by atoms with Gasteiger partial charge in [0.05, 0.1) is 0 Å². The molecule has 0 fully saturated rings. The fourth-order valence-corrected chi connectivity index (χ4v) is 9.09. The summed E-state index contributed by atoms with van der Waals surface area (Å²) in [5, 5.41) is 2.71. The van der Waals surface area contributed by atoms with E-state index in [4.69, 9.17) is 0 Å². The zero-order chi connectivity index (χ0) is 13.3. The normalized spacial score (nSPS) is 17.8. The van der Waals surface area contributed by atoms with Gasteiger partial charge in [-0.2, -0.15) is 0 Å². The molecular weight excluding hydrogens is 289 g/mol. The topological polar surface area (TPSA) is 0 Å². The third-order valence-corrected chi connectivity index (χ3v) is 9.42. The average Bonchev–Trinajstić information content (AvgIpc) is 2.77. The first kappa shape index (κ1) is 12.7. The van der Waals surface area contributed by atoms with Gasteiger partial charge in [0.15, 0.2) is 0 Å². The summed E-state index contributed by atoms with van der Waals surface area (Å²) in [4.78, 5) is 0. The summed E-state index contributed by atoms with van der Waals surface area (Å²) in [6.45, 7) is 0. The Bertz CT molecular complexity index is 541. The summed E-state index contributed by atoms with van der Waals surface area (Å²) in [5.41, 5.74) is 6.07. The van der Waals surface area contributed by atoms with Crippen LogP contribution in [0.4, 0.5) is 0 Å². The van der Waals surface area contributed by atoms with E-state index in [0.29, 0.717) is 0 Å². The van der Waals surface area contributed by atoms with E-state index in [2.05, 4.69) is 72.2 Å². The molecule has 0 bridgehead atoms. The third-order valence-electron chi connectivity index (χ3n) is 3.92. The molecule has 0 radical (unpaired) electrons. The minimum atomic E-state index is -1.62. The van der Waals surface area contributed by atoms with E-state index in [0.717, 1.165) is 0 Å². The van der Waals surface area contributed by atoms with Crippen molar-refractivity contribution in [3.05, 3.63) is 71.8 Å². The number of benzene rings is 2. The molecule has 1 aliphatic heterocycles. The van der Waals surface area contributed by atoms with Gasteiger partial charge >= 0.3 is 118 Å². The van der Waals surface area contributed by atoms with Gasteiger partial charge in [0.1, 0.15) is 0 Å². The van der Waals surface area contributed by atoms with Crippen molar-refractivity contribution in [1.29, 1.82) is 0 Å². The summed E-state index contributed by atoms with van der Waals surface area (Å²) in [6, 6.07) is 21.9. The molecule has 19 heavy (non-hydrogen) atoms. The molecule has 0 spiro atoms. The van der Waals surface area contributed by atoms with Crippen molar-refractivity contribution in [3.63, 3.8) is 0 Å². The Morgan fingerprint density at radius 3 is 1.37 bits per heavy atom. The van der Waals surface area contributed by atoms with E-state index in [-0.39, 0.29) is 0 Å². The number of rotatable bonds is 2. The molecule has 1 heterocycles. The number of hydrogen-bond acceptors (Lipinski definition) is 0. The molecule has 1 heteroatoms. The van der Waals surface area contributed by atoms with E-state index in [1.54, 1.807) is 11.1 Å². The molecule has 0 aliphatic carbocycles. The average molecular weight is 309 g/mol. The first-order chi connectivity index (χ1) is 9.16. The summed E-state index contributed by atoms with van der Waals surface area (Å²) in [7, 11) is 0. The van der Waals surface area contributed by atoms with Gasteiger partial charge in [-0.1, -0.05) is 0 Å². The Hall–Kier alpha value is -1.28. The fourth-order valence-electron chi connectivity index (χ4n) is 3.06. The van der Waals surface area contributed by atoms with E-state index in [9.17, 15) is 0 Å². The van der Waals surface area contributed by atoms with E-state index in [1.807, 2.05) is 0 Å². The van der Waals surface area contributed by atoms with Crippen molar-refractivity contribution in [2.24, 2.45) is 0 Å². The van der Waals surface area contributed by atoms with Crippen molar-refractivity contribution in [2.45, 2.75) is 22.0 Å². The van der Waals surface area contributed by atoms with E-state index < -0.39 is 13.3 Å². The van der Waals surface area contributed by atoms with Gasteiger partial charge in [0.2, 0.25) is 0 Å². The van der Waals surface area contributed by atoms with Crippen LogP contribution in [0.1, 0.15) is 11.1 Å². The van der Waals surface area contributed by atoms with Crippen LogP contribution in [0.3, 0.4) is 0 Å². The second kappa shape index (κ2) is 5.01. The Labute approximate surface area is 118 Å². The van der Waals surface area contributed by atoms with Crippen LogP contribution in [0.2, 0.25) is 22.0 Å². The molecule has 1 aliphatic rings. The zero-order valence-corrected chi connectivity index (χ0v) is 13.8. The van der Waals surface area contributed by atoms with Crippen LogP contribution < -0.4 is 0 Å². The first-order valence-corrected chi connectivity index (χ1v) is 14.1.